The predicted molar refractivity (Wildman–Crippen MR) is 137 cm³/mol. The van der Waals surface area contributed by atoms with E-state index in [1.54, 1.807) is 41.9 Å². The molecule has 0 spiro atoms. The number of rotatable bonds is 9. The summed E-state index contributed by atoms with van der Waals surface area (Å²) in [6.07, 6.45) is -0.547. The molecule has 4 aromatic rings. The van der Waals surface area contributed by atoms with Crippen molar-refractivity contribution >= 4 is 34.5 Å². The van der Waals surface area contributed by atoms with Gasteiger partial charge in [-0.05, 0) is 47.9 Å². The number of benzene rings is 1. The summed E-state index contributed by atoms with van der Waals surface area (Å²) < 4.78 is 41.2. The molecule has 0 aliphatic rings. The second-order valence-corrected chi connectivity index (χ2v) is 9.30. The SMILES string of the molecule is O=C(N(C[C@H](Cc1cccc(Cl)c1)NCc1cscn1)c1cc(-c2ccncc2)c[nH]c1=O)C(F)(F)F. The zero-order valence-corrected chi connectivity index (χ0v) is 20.8. The minimum Gasteiger partial charge on any atom is -0.327 e. The van der Waals surface area contributed by atoms with Gasteiger partial charge in [-0.15, -0.1) is 11.3 Å². The zero-order valence-electron chi connectivity index (χ0n) is 19.2. The lowest BCUT2D eigenvalue weighted by Crippen LogP contribution is -2.50. The van der Waals surface area contributed by atoms with E-state index in [1.165, 1.54) is 36.0 Å². The van der Waals surface area contributed by atoms with Crippen molar-refractivity contribution < 1.29 is 18.0 Å². The van der Waals surface area contributed by atoms with Crippen molar-refractivity contribution in [2.45, 2.75) is 25.2 Å². The number of amides is 1. The van der Waals surface area contributed by atoms with Crippen LogP contribution in [0.25, 0.3) is 11.1 Å². The number of alkyl halides is 3. The first-order valence-corrected chi connectivity index (χ1v) is 12.4. The largest absolute Gasteiger partial charge is 0.471 e. The summed E-state index contributed by atoms with van der Waals surface area (Å²) in [4.78, 5) is 36.4. The maximum absolute atomic E-state index is 13.7. The number of anilines is 1. The molecule has 0 bridgehead atoms. The van der Waals surface area contributed by atoms with E-state index in [1.807, 2.05) is 5.38 Å². The first kappa shape index (κ1) is 26.5. The summed E-state index contributed by atoms with van der Waals surface area (Å²) in [5.74, 6) is -2.14. The first-order chi connectivity index (χ1) is 17.7. The summed E-state index contributed by atoms with van der Waals surface area (Å²) in [6.45, 7) is -0.173. The Morgan fingerprint density at radius 2 is 1.95 bits per heavy atom. The first-order valence-electron chi connectivity index (χ1n) is 11.1. The van der Waals surface area contributed by atoms with E-state index in [9.17, 15) is 22.8 Å². The molecule has 0 unspecified atom stereocenters. The summed E-state index contributed by atoms with van der Waals surface area (Å²) in [5, 5.41) is 5.46. The summed E-state index contributed by atoms with van der Waals surface area (Å²) in [5.41, 5.74) is 2.91. The van der Waals surface area contributed by atoms with Crippen LogP contribution >= 0.6 is 22.9 Å². The van der Waals surface area contributed by atoms with Gasteiger partial charge >= 0.3 is 12.1 Å². The predicted octanol–water partition coefficient (Wildman–Crippen LogP) is 4.84. The second kappa shape index (κ2) is 11.7. The van der Waals surface area contributed by atoms with Crippen molar-refractivity contribution in [3.63, 3.8) is 0 Å². The normalized spacial score (nSPS) is 12.3. The topological polar surface area (TPSA) is 91.0 Å². The van der Waals surface area contributed by atoms with E-state index in [0.29, 0.717) is 26.7 Å². The molecule has 0 aliphatic heterocycles. The standard InChI is InChI=1S/C25H21ClF3N5O2S/c26-19-3-1-2-16(8-19)9-20(31-12-21-14-37-15-33-21)13-34(24(36)25(27,28)29)22-10-18(11-32-23(22)35)17-4-6-30-7-5-17/h1-8,10-11,14-15,20,31H,9,12-13H2,(H,32,35)/t20-/m0/s1. The number of halogens is 4. The van der Waals surface area contributed by atoms with Crippen molar-refractivity contribution in [1.29, 1.82) is 0 Å². The van der Waals surface area contributed by atoms with Crippen LogP contribution in [-0.2, 0) is 17.8 Å². The summed E-state index contributed by atoms with van der Waals surface area (Å²) in [7, 11) is 0. The third-order valence-electron chi connectivity index (χ3n) is 5.51. The number of nitrogens with zero attached hydrogens (tertiary/aromatic N) is 3. The van der Waals surface area contributed by atoms with Crippen LogP contribution in [0, 0.1) is 0 Å². The Balaban J connectivity index is 1.71. The molecule has 3 aromatic heterocycles. The molecular weight excluding hydrogens is 527 g/mol. The van der Waals surface area contributed by atoms with Crippen LogP contribution in [0.4, 0.5) is 18.9 Å². The number of hydrogen-bond donors (Lipinski definition) is 2. The van der Waals surface area contributed by atoms with E-state index < -0.39 is 35.9 Å². The van der Waals surface area contributed by atoms with E-state index in [2.05, 4.69) is 20.3 Å². The van der Waals surface area contributed by atoms with Crippen molar-refractivity contribution in [3.8, 4) is 11.1 Å². The quantitative estimate of drug-likeness (QED) is 0.313. The lowest BCUT2D eigenvalue weighted by molar-refractivity contribution is -0.170. The number of hydrogen-bond acceptors (Lipinski definition) is 6. The third kappa shape index (κ3) is 7.03. The van der Waals surface area contributed by atoms with E-state index in [4.69, 9.17) is 11.6 Å². The zero-order chi connectivity index (χ0) is 26.4. The Morgan fingerprint density at radius 3 is 2.62 bits per heavy atom. The molecule has 0 radical (unpaired) electrons. The maximum Gasteiger partial charge on any atom is 0.471 e. The molecule has 1 atom stereocenters. The highest BCUT2D eigenvalue weighted by atomic mass is 35.5. The highest BCUT2D eigenvalue weighted by Gasteiger charge is 2.44. The summed E-state index contributed by atoms with van der Waals surface area (Å²) in [6, 6.07) is 10.8. The number of carbonyl (C=O) groups excluding carboxylic acids is 1. The fraction of sp³-hybridized carbons (Fsp3) is 0.200. The van der Waals surface area contributed by atoms with Crippen molar-refractivity contribution in [3.05, 3.63) is 98.6 Å². The molecule has 0 fully saturated rings. The fourth-order valence-corrected chi connectivity index (χ4v) is 4.54. The van der Waals surface area contributed by atoms with Gasteiger partial charge in [-0.3, -0.25) is 19.5 Å². The molecule has 0 aliphatic carbocycles. The molecular formula is C25H21ClF3N5O2S. The minimum atomic E-state index is -5.20. The molecule has 7 nitrogen and oxygen atoms in total. The van der Waals surface area contributed by atoms with Crippen LogP contribution in [-0.4, -0.2) is 39.6 Å². The van der Waals surface area contributed by atoms with Crippen LogP contribution in [0.2, 0.25) is 5.02 Å². The Labute approximate surface area is 219 Å². The third-order valence-corrected chi connectivity index (χ3v) is 6.38. The molecule has 3 heterocycles. The lowest BCUT2D eigenvalue weighted by atomic mass is 10.0. The molecule has 1 aromatic carbocycles. The van der Waals surface area contributed by atoms with Gasteiger partial charge in [0.05, 0.1) is 11.2 Å². The number of aromatic amines is 1. The molecule has 0 saturated heterocycles. The average Bonchev–Trinajstić information content (AvgIpc) is 3.39. The molecule has 4 rings (SSSR count). The van der Waals surface area contributed by atoms with E-state index >= 15 is 0 Å². The number of aromatic nitrogens is 3. The maximum atomic E-state index is 13.7. The van der Waals surface area contributed by atoms with Gasteiger partial charge < -0.3 is 10.3 Å². The van der Waals surface area contributed by atoms with Gasteiger partial charge in [-0.25, -0.2) is 4.98 Å². The van der Waals surface area contributed by atoms with Gasteiger partial charge in [0.15, 0.2) is 0 Å². The van der Waals surface area contributed by atoms with Crippen LogP contribution in [0.5, 0.6) is 0 Å². The van der Waals surface area contributed by atoms with Crippen molar-refractivity contribution in [2.24, 2.45) is 0 Å². The van der Waals surface area contributed by atoms with Gasteiger partial charge in [0, 0.05) is 53.7 Å². The molecule has 0 saturated carbocycles. The van der Waals surface area contributed by atoms with Gasteiger partial charge in [0.2, 0.25) is 0 Å². The minimum absolute atomic E-state index is 0.244. The number of carbonyl (C=O) groups is 1. The summed E-state index contributed by atoms with van der Waals surface area (Å²) >= 11 is 7.49. The van der Waals surface area contributed by atoms with Crippen LogP contribution in [0.15, 0.2) is 76.7 Å². The van der Waals surface area contributed by atoms with Gasteiger partial charge in [0.1, 0.15) is 5.69 Å². The average molecular weight is 548 g/mol. The van der Waals surface area contributed by atoms with E-state index in [0.717, 1.165) is 5.56 Å². The molecule has 12 heteroatoms. The highest BCUT2D eigenvalue weighted by Crippen LogP contribution is 2.26. The molecule has 37 heavy (non-hydrogen) atoms. The Hall–Kier alpha value is -3.54. The van der Waals surface area contributed by atoms with Crippen LogP contribution in [0.3, 0.4) is 0 Å². The Morgan fingerprint density at radius 1 is 1.16 bits per heavy atom. The highest BCUT2D eigenvalue weighted by molar-refractivity contribution is 7.07. The van der Waals surface area contributed by atoms with Gasteiger partial charge in [0.25, 0.3) is 5.56 Å². The monoisotopic (exact) mass is 547 g/mol. The fourth-order valence-electron chi connectivity index (χ4n) is 3.77. The number of pyridine rings is 2. The molecule has 1 amide bonds. The smallest absolute Gasteiger partial charge is 0.327 e. The van der Waals surface area contributed by atoms with Crippen LogP contribution < -0.4 is 15.8 Å². The van der Waals surface area contributed by atoms with Gasteiger partial charge in [-0.2, -0.15) is 13.2 Å². The Bertz CT molecular complexity index is 1400. The Kier molecular flexibility index (Phi) is 8.37. The molecule has 2 N–H and O–H groups in total. The number of thiazole rings is 1. The second-order valence-electron chi connectivity index (χ2n) is 8.14. The number of nitrogens with one attached hydrogen (secondary N) is 2. The van der Waals surface area contributed by atoms with Crippen molar-refractivity contribution in [1.82, 2.24) is 20.3 Å². The molecule has 192 valence electrons. The van der Waals surface area contributed by atoms with Crippen molar-refractivity contribution in [2.75, 3.05) is 11.4 Å². The lowest BCUT2D eigenvalue weighted by Gasteiger charge is -2.29. The number of H-pyrrole nitrogens is 1. The van der Waals surface area contributed by atoms with Gasteiger partial charge in [-0.1, -0.05) is 23.7 Å². The van der Waals surface area contributed by atoms with E-state index in [-0.39, 0.29) is 13.0 Å². The van der Waals surface area contributed by atoms with Crippen LogP contribution in [0.1, 0.15) is 11.3 Å².